The lowest BCUT2D eigenvalue weighted by molar-refractivity contribution is 0.484. The Bertz CT molecular complexity index is 743. The van der Waals surface area contributed by atoms with E-state index in [0.717, 1.165) is 5.39 Å². The lowest BCUT2D eigenvalue weighted by Gasteiger charge is -2.11. The minimum absolute atomic E-state index is 0.120. The van der Waals surface area contributed by atoms with Crippen molar-refractivity contribution in [3.8, 4) is 0 Å². The van der Waals surface area contributed by atoms with Crippen molar-refractivity contribution in [2.45, 2.75) is 4.90 Å². The van der Waals surface area contributed by atoms with E-state index in [2.05, 4.69) is 13.2 Å². The summed E-state index contributed by atoms with van der Waals surface area (Å²) in [6.45, 7) is 7.24. The Morgan fingerprint density at radius 2 is 1.78 bits per heavy atom. The van der Waals surface area contributed by atoms with E-state index in [1.165, 1.54) is 12.2 Å². The summed E-state index contributed by atoms with van der Waals surface area (Å²) in [5.74, 6) is 0. The van der Waals surface area contributed by atoms with Gasteiger partial charge in [0.15, 0.2) is 0 Å². The molecule has 18 heavy (non-hydrogen) atoms. The van der Waals surface area contributed by atoms with E-state index in [4.69, 9.17) is 0 Å². The van der Waals surface area contributed by atoms with E-state index in [9.17, 15) is 13.0 Å². The molecule has 0 aliphatic rings. The predicted molar refractivity (Wildman–Crippen MR) is 73.9 cm³/mol. The maximum atomic E-state index is 11.6. The maximum absolute atomic E-state index is 11.6. The van der Waals surface area contributed by atoms with Gasteiger partial charge in [-0.1, -0.05) is 49.6 Å². The van der Waals surface area contributed by atoms with Gasteiger partial charge in [0.05, 0.1) is 0 Å². The zero-order valence-electron chi connectivity index (χ0n) is 9.63. The molecule has 0 spiro atoms. The first-order chi connectivity index (χ1) is 8.49. The lowest BCUT2D eigenvalue weighted by atomic mass is 10.0. The predicted octanol–water partition coefficient (Wildman–Crippen LogP) is 3.37. The van der Waals surface area contributed by atoms with Gasteiger partial charge in [-0.3, -0.25) is 4.55 Å². The molecular formula is C14H12O3S. The van der Waals surface area contributed by atoms with E-state index in [0.29, 0.717) is 16.5 Å². The molecule has 3 nitrogen and oxygen atoms in total. The number of hydrogen-bond acceptors (Lipinski definition) is 2. The quantitative estimate of drug-likeness (QED) is 0.861. The molecule has 0 atom stereocenters. The maximum Gasteiger partial charge on any atom is 0.295 e. The fourth-order valence-corrected chi connectivity index (χ4v) is 2.95. The highest BCUT2D eigenvalue weighted by Gasteiger charge is 2.19. The molecule has 1 N–H and O–H groups in total. The zero-order valence-corrected chi connectivity index (χ0v) is 10.4. The largest absolute Gasteiger partial charge is 0.295 e. The molecule has 0 bridgehead atoms. The molecule has 0 amide bonds. The molecule has 0 aliphatic carbocycles. The highest BCUT2D eigenvalue weighted by molar-refractivity contribution is 7.86. The van der Waals surface area contributed by atoms with Crippen LogP contribution >= 0.6 is 0 Å². The average Bonchev–Trinajstić information content (AvgIpc) is 2.34. The molecule has 0 aromatic heterocycles. The number of rotatable bonds is 3. The van der Waals surface area contributed by atoms with Gasteiger partial charge in [-0.15, -0.1) is 0 Å². The number of hydrogen-bond donors (Lipinski definition) is 1. The fourth-order valence-electron chi connectivity index (χ4n) is 2.01. The Labute approximate surface area is 106 Å². The van der Waals surface area contributed by atoms with Crippen molar-refractivity contribution >= 4 is 33.0 Å². The van der Waals surface area contributed by atoms with Crippen molar-refractivity contribution in [2.75, 3.05) is 0 Å². The van der Waals surface area contributed by atoms with Gasteiger partial charge in [0.25, 0.3) is 10.1 Å². The van der Waals surface area contributed by atoms with Crippen LogP contribution < -0.4 is 0 Å². The van der Waals surface area contributed by atoms with Gasteiger partial charge in [0.1, 0.15) is 4.90 Å². The third-order valence-electron chi connectivity index (χ3n) is 2.75. The second-order valence-corrected chi connectivity index (χ2v) is 5.17. The van der Waals surface area contributed by atoms with Gasteiger partial charge >= 0.3 is 0 Å². The van der Waals surface area contributed by atoms with Gasteiger partial charge in [-0.25, -0.2) is 0 Å². The van der Waals surface area contributed by atoms with Crippen LogP contribution in [0.5, 0.6) is 0 Å². The summed E-state index contributed by atoms with van der Waals surface area (Å²) < 4.78 is 32.5. The third kappa shape index (κ3) is 1.96. The highest BCUT2D eigenvalue weighted by Crippen LogP contribution is 2.31. The van der Waals surface area contributed by atoms with Crippen LogP contribution in [0.2, 0.25) is 0 Å². The van der Waals surface area contributed by atoms with Crippen molar-refractivity contribution in [3.05, 3.63) is 54.6 Å². The molecule has 2 aromatic rings. The van der Waals surface area contributed by atoms with E-state index in [1.54, 1.807) is 24.3 Å². The molecule has 0 aliphatic heterocycles. The monoisotopic (exact) mass is 260 g/mol. The minimum atomic E-state index is -4.32. The van der Waals surface area contributed by atoms with Crippen LogP contribution in [0, 0.1) is 0 Å². The Balaban J connectivity index is 3.11. The highest BCUT2D eigenvalue weighted by atomic mass is 32.2. The summed E-state index contributed by atoms with van der Waals surface area (Å²) in [5.41, 5.74) is 0.988. The van der Waals surface area contributed by atoms with Crippen LogP contribution in [0.4, 0.5) is 0 Å². The first-order valence-corrected chi connectivity index (χ1v) is 6.71. The van der Waals surface area contributed by atoms with Crippen molar-refractivity contribution in [1.29, 1.82) is 0 Å². The minimum Gasteiger partial charge on any atom is -0.282 e. The van der Waals surface area contributed by atoms with E-state index in [-0.39, 0.29) is 4.90 Å². The first kappa shape index (κ1) is 12.5. The van der Waals surface area contributed by atoms with Crippen LogP contribution in [0.25, 0.3) is 22.9 Å². The standard InChI is InChI=1S/C14H12O3S/c1-3-10-9-11-7-5-6-8-13(11)14(12(10)4-2)18(15,16)17/h3-9H,1-2H2,(H,15,16,17). The first-order valence-electron chi connectivity index (χ1n) is 5.27. The summed E-state index contributed by atoms with van der Waals surface area (Å²) in [6, 6.07) is 8.77. The fraction of sp³-hybridized carbons (Fsp3) is 0. The van der Waals surface area contributed by atoms with Gasteiger partial charge in [-0.2, -0.15) is 8.42 Å². The molecule has 0 unspecified atom stereocenters. The van der Waals surface area contributed by atoms with Gasteiger partial charge in [0.2, 0.25) is 0 Å². The molecule has 2 rings (SSSR count). The zero-order chi connectivity index (χ0) is 13.3. The molecule has 0 radical (unpaired) electrons. The van der Waals surface area contributed by atoms with E-state index in [1.807, 2.05) is 6.07 Å². The van der Waals surface area contributed by atoms with Crippen molar-refractivity contribution in [3.63, 3.8) is 0 Å². The van der Waals surface area contributed by atoms with Crippen molar-refractivity contribution in [2.24, 2.45) is 0 Å². The Hall–Kier alpha value is -1.91. The summed E-state index contributed by atoms with van der Waals surface area (Å²) in [5, 5.41) is 1.20. The van der Waals surface area contributed by atoms with Crippen molar-refractivity contribution in [1.82, 2.24) is 0 Å². The topological polar surface area (TPSA) is 54.4 Å². The van der Waals surface area contributed by atoms with Gasteiger partial charge in [-0.05, 0) is 17.0 Å². The van der Waals surface area contributed by atoms with E-state index < -0.39 is 10.1 Å². The third-order valence-corrected chi connectivity index (χ3v) is 3.71. The molecule has 92 valence electrons. The molecule has 0 fully saturated rings. The Morgan fingerprint density at radius 1 is 1.11 bits per heavy atom. The number of benzene rings is 2. The van der Waals surface area contributed by atoms with Gasteiger partial charge < -0.3 is 0 Å². The summed E-state index contributed by atoms with van der Waals surface area (Å²) in [7, 11) is -4.32. The molecule has 2 aromatic carbocycles. The normalized spacial score (nSPS) is 11.4. The molecule has 0 saturated carbocycles. The molecular weight excluding hydrogens is 248 g/mol. The lowest BCUT2D eigenvalue weighted by Crippen LogP contribution is -2.03. The second-order valence-electron chi connectivity index (χ2n) is 3.81. The summed E-state index contributed by atoms with van der Waals surface area (Å²) >= 11 is 0. The van der Waals surface area contributed by atoms with Crippen LogP contribution in [0.1, 0.15) is 11.1 Å². The molecule has 0 heterocycles. The van der Waals surface area contributed by atoms with Crippen molar-refractivity contribution < 1.29 is 13.0 Å². The number of fused-ring (bicyclic) bond motifs is 1. The molecule has 0 saturated heterocycles. The second kappa shape index (κ2) is 4.40. The average molecular weight is 260 g/mol. The Kier molecular flexibility index (Phi) is 3.07. The SMILES string of the molecule is C=Cc1cc2ccccc2c(S(=O)(=O)O)c1C=C. The smallest absolute Gasteiger partial charge is 0.282 e. The van der Waals surface area contributed by atoms with Crippen LogP contribution in [-0.2, 0) is 10.1 Å². The van der Waals surface area contributed by atoms with E-state index >= 15 is 0 Å². The molecule has 4 heteroatoms. The summed E-state index contributed by atoms with van der Waals surface area (Å²) in [6.07, 6.45) is 2.95. The Morgan fingerprint density at radius 3 is 2.33 bits per heavy atom. The van der Waals surface area contributed by atoms with Crippen LogP contribution in [0.15, 0.2) is 48.4 Å². The summed E-state index contributed by atoms with van der Waals surface area (Å²) in [4.78, 5) is -0.120. The van der Waals surface area contributed by atoms with Gasteiger partial charge in [0, 0.05) is 10.9 Å². The van der Waals surface area contributed by atoms with Crippen LogP contribution in [0.3, 0.4) is 0 Å². The van der Waals surface area contributed by atoms with Crippen LogP contribution in [-0.4, -0.2) is 13.0 Å².